The summed E-state index contributed by atoms with van der Waals surface area (Å²) in [5.41, 5.74) is 1.96. The van der Waals surface area contributed by atoms with E-state index in [0.29, 0.717) is 21.2 Å². The quantitative estimate of drug-likeness (QED) is 0.0905. The lowest BCUT2D eigenvalue weighted by molar-refractivity contribution is -0.132. The summed E-state index contributed by atoms with van der Waals surface area (Å²) in [7, 11) is 0. The molecule has 8 nitrogen and oxygen atoms in total. The summed E-state index contributed by atoms with van der Waals surface area (Å²) >= 11 is 2.70. The van der Waals surface area contributed by atoms with Gasteiger partial charge in [-0.05, 0) is 46.2 Å². The standard InChI is InChI=1S/C29H20N4O4S2/c34-21-10-8-18(9-11-21)24-23(25(35)19-12-14-30-15-13-19)26(36)27(37)33(24)28-31-32-29(39-28)38-16-20-6-3-5-17-4-1-2-7-22(17)20/h1-15,24,34-35H,16H2/b25-23+. The summed E-state index contributed by atoms with van der Waals surface area (Å²) in [6.45, 7) is 0. The Hall–Kier alpha value is -4.54. The van der Waals surface area contributed by atoms with E-state index in [0.717, 1.165) is 16.3 Å². The highest BCUT2D eigenvalue weighted by Crippen LogP contribution is 2.44. The average Bonchev–Trinajstić information content (AvgIpc) is 3.54. The topological polar surface area (TPSA) is 117 Å². The van der Waals surface area contributed by atoms with Crippen LogP contribution in [-0.2, 0) is 15.3 Å². The van der Waals surface area contributed by atoms with E-state index in [1.54, 1.807) is 24.3 Å². The molecule has 1 aliphatic heterocycles. The number of phenols is 1. The van der Waals surface area contributed by atoms with E-state index in [9.17, 15) is 19.8 Å². The van der Waals surface area contributed by atoms with Crippen LogP contribution in [0.5, 0.6) is 5.75 Å². The smallest absolute Gasteiger partial charge is 0.301 e. The van der Waals surface area contributed by atoms with Gasteiger partial charge in [0.2, 0.25) is 5.13 Å². The van der Waals surface area contributed by atoms with Gasteiger partial charge in [-0.2, -0.15) is 0 Å². The molecule has 1 saturated heterocycles. The summed E-state index contributed by atoms with van der Waals surface area (Å²) in [4.78, 5) is 31.8. The molecule has 0 spiro atoms. The minimum Gasteiger partial charge on any atom is -0.508 e. The normalized spacial score (nSPS) is 16.7. The van der Waals surface area contributed by atoms with Gasteiger partial charge in [0.15, 0.2) is 4.34 Å². The highest BCUT2D eigenvalue weighted by Gasteiger charge is 2.48. The lowest BCUT2D eigenvalue weighted by Gasteiger charge is -2.22. The summed E-state index contributed by atoms with van der Waals surface area (Å²) in [6.07, 6.45) is 2.98. The van der Waals surface area contributed by atoms with E-state index in [1.807, 2.05) is 18.2 Å². The molecule has 1 fully saturated rings. The molecule has 1 aliphatic rings. The molecule has 1 atom stereocenters. The number of hydrogen-bond donors (Lipinski definition) is 2. The highest BCUT2D eigenvalue weighted by molar-refractivity contribution is 8.00. The Morgan fingerprint density at radius 3 is 2.46 bits per heavy atom. The fraction of sp³-hybridized carbons (Fsp3) is 0.0690. The number of fused-ring (bicyclic) bond motifs is 1. The number of aliphatic hydroxyl groups excluding tert-OH is 1. The third kappa shape index (κ3) is 4.64. The predicted molar refractivity (Wildman–Crippen MR) is 151 cm³/mol. The number of rotatable bonds is 6. The molecule has 192 valence electrons. The number of amides is 1. The second kappa shape index (κ2) is 10.3. The molecule has 0 radical (unpaired) electrons. The van der Waals surface area contributed by atoms with Crippen molar-refractivity contribution in [1.29, 1.82) is 0 Å². The maximum Gasteiger partial charge on any atom is 0.301 e. The van der Waals surface area contributed by atoms with Crippen LogP contribution in [0.4, 0.5) is 5.13 Å². The van der Waals surface area contributed by atoms with Crippen molar-refractivity contribution in [3.05, 3.63) is 114 Å². The van der Waals surface area contributed by atoms with Crippen LogP contribution < -0.4 is 4.90 Å². The summed E-state index contributed by atoms with van der Waals surface area (Å²) < 4.78 is 0.637. The number of hydrogen-bond acceptors (Lipinski definition) is 9. The van der Waals surface area contributed by atoms with Gasteiger partial charge in [0.1, 0.15) is 11.5 Å². The summed E-state index contributed by atoms with van der Waals surface area (Å²) in [5, 5.41) is 32.0. The molecule has 0 saturated carbocycles. The number of anilines is 1. The molecule has 2 aromatic heterocycles. The zero-order valence-corrected chi connectivity index (χ0v) is 21.9. The van der Waals surface area contributed by atoms with Gasteiger partial charge in [0.25, 0.3) is 5.78 Å². The predicted octanol–water partition coefficient (Wildman–Crippen LogP) is 5.71. The van der Waals surface area contributed by atoms with Gasteiger partial charge in [-0.3, -0.25) is 19.5 Å². The minimum atomic E-state index is -0.956. The van der Waals surface area contributed by atoms with Gasteiger partial charge in [0, 0.05) is 23.7 Å². The van der Waals surface area contributed by atoms with Gasteiger partial charge in [-0.15, -0.1) is 10.2 Å². The van der Waals surface area contributed by atoms with Crippen LogP contribution in [0.2, 0.25) is 0 Å². The Morgan fingerprint density at radius 2 is 1.67 bits per heavy atom. The van der Waals surface area contributed by atoms with E-state index < -0.39 is 17.7 Å². The van der Waals surface area contributed by atoms with Crippen molar-refractivity contribution >= 4 is 56.5 Å². The van der Waals surface area contributed by atoms with E-state index in [2.05, 4.69) is 39.4 Å². The number of benzene rings is 3. The van der Waals surface area contributed by atoms with Crippen molar-refractivity contribution < 1.29 is 19.8 Å². The van der Waals surface area contributed by atoms with Crippen molar-refractivity contribution in [2.75, 3.05) is 4.90 Å². The summed E-state index contributed by atoms with van der Waals surface area (Å²) in [6, 6.07) is 22.6. The van der Waals surface area contributed by atoms with E-state index in [4.69, 9.17) is 0 Å². The first-order chi connectivity index (χ1) is 19.0. The largest absolute Gasteiger partial charge is 0.508 e. The zero-order chi connectivity index (χ0) is 26.9. The molecule has 2 N–H and O–H groups in total. The number of nitrogens with zero attached hydrogens (tertiary/aromatic N) is 4. The van der Waals surface area contributed by atoms with Crippen LogP contribution in [0, 0.1) is 0 Å². The van der Waals surface area contributed by atoms with Crippen molar-refractivity contribution in [3.63, 3.8) is 0 Å². The van der Waals surface area contributed by atoms with Crippen molar-refractivity contribution in [2.24, 2.45) is 0 Å². The van der Waals surface area contributed by atoms with Gasteiger partial charge in [0.05, 0.1) is 11.6 Å². The van der Waals surface area contributed by atoms with Gasteiger partial charge in [-0.1, -0.05) is 77.7 Å². The molecule has 1 unspecified atom stereocenters. The van der Waals surface area contributed by atoms with Crippen LogP contribution in [0.25, 0.3) is 16.5 Å². The van der Waals surface area contributed by atoms with Crippen molar-refractivity contribution in [2.45, 2.75) is 16.1 Å². The molecular formula is C29H20N4O4S2. The first-order valence-electron chi connectivity index (χ1n) is 11.9. The molecule has 1 amide bonds. The van der Waals surface area contributed by atoms with Crippen LogP contribution in [0.3, 0.4) is 0 Å². The Labute approximate surface area is 231 Å². The van der Waals surface area contributed by atoms with E-state index in [-0.39, 0.29) is 22.2 Å². The number of carbonyl (C=O) groups excluding carboxylic acids is 2. The number of thioether (sulfide) groups is 1. The fourth-order valence-electron chi connectivity index (χ4n) is 4.58. The second-order valence-corrected chi connectivity index (χ2v) is 11.0. The minimum absolute atomic E-state index is 0.0351. The second-order valence-electron chi connectivity index (χ2n) is 8.77. The third-order valence-corrected chi connectivity index (χ3v) is 8.54. The van der Waals surface area contributed by atoms with Gasteiger partial charge < -0.3 is 10.2 Å². The van der Waals surface area contributed by atoms with Crippen LogP contribution in [0.15, 0.2) is 101 Å². The SMILES string of the molecule is O=C1C(=O)N(c2nnc(SCc3cccc4ccccc34)s2)C(c2ccc(O)cc2)/C1=C(\O)c1ccncc1. The first-order valence-corrected chi connectivity index (χ1v) is 13.7. The maximum atomic E-state index is 13.3. The van der Waals surface area contributed by atoms with Crippen LogP contribution in [0.1, 0.15) is 22.7 Å². The number of pyridine rings is 1. The third-order valence-electron chi connectivity index (χ3n) is 6.44. The first kappa shape index (κ1) is 24.8. The lowest BCUT2D eigenvalue weighted by atomic mass is 9.95. The number of Topliss-reactive ketones (excluding diaryl/α,β-unsaturated/α-hetero) is 1. The Morgan fingerprint density at radius 1 is 0.923 bits per heavy atom. The van der Waals surface area contributed by atoms with Gasteiger partial charge in [-0.25, -0.2) is 0 Å². The molecule has 6 rings (SSSR count). The molecule has 3 aromatic carbocycles. The van der Waals surface area contributed by atoms with Crippen molar-refractivity contribution in [1.82, 2.24) is 15.2 Å². The monoisotopic (exact) mass is 552 g/mol. The van der Waals surface area contributed by atoms with Crippen LogP contribution >= 0.6 is 23.1 Å². The fourth-order valence-corrected chi connectivity index (χ4v) is 6.45. The molecule has 0 aliphatic carbocycles. The number of phenolic OH excluding ortho intramolecular Hbond substituents is 1. The molecule has 5 aromatic rings. The van der Waals surface area contributed by atoms with Crippen molar-refractivity contribution in [3.8, 4) is 5.75 Å². The molecule has 10 heteroatoms. The maximum absolute atomic E-state index is 13.3. The Bertz CT molecular complexity index is 1730. The van der Waals surface area contributed by atoms with Gasteiger partial charge >= 0.3 is 5.91 Å². The van der Waals surface area contributed by atoms with E-state index in [1.165, 1.54) is 52.5 Å². The number of aromatic nitrogens is 3. The Balaban J connectivity index is 1.36. The molecule has 3 heterocycles. The van der Waals surface area contributed by atoms with E-state index >= 15 is 0 Å². The average molecular weight is 553 g/mol. The summed E-state index contributed by atoms with van der Waals surface area (Å²) in [5.74, 6) is -1.27. The number of carbonyl (C=O) groups is 2. The highest BCUT2D eigenvalue weighted by atomic mass is 32.2. The lowest BCUT2D eigenvalue weighted by Crippen LogP contribution is -2.29. The Kier molecular flexibility index (Phi) is 6.55. The number of aliphatic hydroxyl groups is 1. The number of ketones is 1. The molecule has 39 heavy (non-hydrogen) atoms. The van der Waals surface area contributed by atoms with Crippen LogP contribution in [-0.4, -0.2) is 37.1 Å². The molecule has 0 bridgehead atoms. The number of aromatic hydroxyl groups is 1. The zero-order valence-electron chi connectivity index (χ0n) is 20.3. The molecular weight excluding hydrogens is 532 g/mol.